The summed E-state index contributed by atoms with van der Waals surface area (Å²) < 4.78 is 11.2. The van der Waals surface area contributed by atoms with Gasteiger partial charge in [-0.3, -0.25) is 4.79 Å². The first-order valence-corrected chi connectivity index (χ1v) is 9.51. The van der Waals surface area contributed by atoms with Crippen LogP contribution in [0.15, 0.2) is 64.6 Å². The molecule has 0 aliphatic rings. The summed E-state index contributed by atoms with van der Waals surface area (Å²) in [5, 5.41) is 21.3. The molecule has 0 bridgehead atoms. The molecule has 7 heteroatoms. The minimum absolute atomic E-state index is 0.139. The van der Waals surface area contributed by atoms with Crippen LogP contribution in [0.2, 0.25) is 0 Å². The minimum Gasteiger partial charge on any atom is -0.494 e. The van der Waals surface area contributed by atoms with E-state index in [1.165, 1.54) is 18.2 Å². The molecule has 7 nitrogen and oxygen atoms in total. The number of aryl methyl sites for hydroxylation is 1. The Bertz CT molecular complexity index is 1200. The molecule has 3 rings (SSSR count). The molecule has 2 aromatic carbocycles. The third-order valence-electron chi connectivity index (χ3n) is 4.43. The van der Waals surface area contributed by atoms with E-state index in [0.29, 0.717) is 35.1 Å². The molecule has 156 valence electrons. The standard InChI is InChI=1S/C24H20N2O5/c1-3-30-19-6-4-5-18(13-19)26-23(27)17(14-25)11-20-9-10-22(31-20)21-12-16(24(28)29)8-7-15(21)2/h4-13H,3H2,1-2H3,(H,26,27)(H,28,29)/b17-11+. The van der Waals surface area contributed by atoms with Crippen molar-refractivity contribution in [1.29, 1.82) is 5.26 Å². The molecular weight excluding hydrogens is 396 g/mol. The molecule has 0 fully saturated rings. The lowest BCUT2D eigenvalue weighted by molar-refractivity contribution is -0.112. The smallest absolute Gasteiger partial charge is 0.335 e. The van der Waals surface area contributed by atoms with Crippen LogP contribution in [-0.2, 0) is 4.79 Å². The number of nitriles is 1. The number of carbonyl (C=O) groups is 2. The molecule has 0 radical (unpaired) electrons. The van der Waals surface area contributed by atoms with E-state index < -0.39 is 11.9 Å². The Morgan fingerprint density at radius 2 is 2.00 bits per heavy atom. The van der Waals surface area contributed by atoms with Gasteiger partial charge in [-0.05, 0) is 55.8 Å². The van der Waals surface area contributed by atoms with E-state index in [2.05, 4.69) is 5.32 Å². The van der Waals surface area contributed by atoms with Crippen molar-refractivity contribution in [2.45, 2.75) is 13.8 Å². The zero-order valence-electron chi connectivity index (χ0n) is 17.0. The molecule has 1 amide bonds. The average molecular weight is 416 g/mol. The molecule has 3 aromatic rings. The molecule has 0 atom stereocenters. The number of carboxylic acids is 1. The summed E-state index contributed by atoms with van der Waals surface area (Å²) in [4.78, 5) is 23.8. The normalized spacial score (nSPS) is 10.9. The van der Waals surface area contributed by atoms with Crippen molar-refractivity contribution in [3.63, 3.8) is 0 Å². The van der Waals surface area contributed by atoms with Gasteiger partial charge in [0.2, 0.25) is 0 Å². The van der Waals surface area contributed by atoms with Crippen LogP contribution < -0.4 is 10.1 Å². The Morgan fingerprint density at radius 1 is 1.19 bits per heavy atom. The Labute approximate surface area is 179 Å². The van der Waals surface area contributed by atoms with Gasteiger partial charge in [0.25, 0.3) is 5.91 Å². The van der Waals surface area contributed by atoms with E-state index in [0.717, 1.165) is 5.56 Å². The monoisotopic (exact) mass is 416 g/mol. The number of hydrogen-bond acceptors (Lipinski definition) is 5. The molecule has 0 aliphatic heterocycles. The number of carboxylic acid groups (broad SMARTS) is 1. The second-order valence-corrected chi connectivity index (χ2v) is 6.62. The number of amides is 1. The lowest BCUT2D eigenvalue weighted by Gasteiger charge is -2.07. The SMILES string of the molecule is CCOc1cccc(NC(=O)/C(C#N)=C/c2ccc(-c3cc(C(=O)O)ccc3C)o2)c1. The number of nitrogens with zero attached hydrogens (tertiary/aromatic N) is 1. The lowest BCUT2D eigenvalue weighted by Crippen LogP contribution is -2.13. The number of ether oxygens (including phenoxy) is 1. The van der Waals surface area contributed by atoms with Crippen LogP contribution in [-0.4, -0.2) is 23.6 Å². The van der Waals surface area contributed by atoms with Crippen LogP contribution in [0.1, 0.15) is 28.6 Å². The highest BCUT2D eigenvalue weighted by Gasteiger charge is 2.14. The zero-order chi connectivity index (χ0) is 22.4. The highest BCUT2D eigenvalue weighted by atomic mass is 16.5. The first-order chi connectivity index (χ1) is 14.9. The Morgan fingerprint density at radius 3 is 2.71 bits per heavy atom. The third-order valence-corrected chi connectivity index (χ3v) is 4.43. The van der Waals surface area contributed by atoms with E-state index in [1.807, 2.05) is 19.9 Å². The van der Waals surface area contributed by atoms with E-state index in [-0.39, 0.29) is 11.1 Å². The van der Waals surface area contributed by atoms with Gasteiger partial charge in [0.1, 0.15) is 28.9 Å². The van der Waals surface area contributed by atoms with E-state index in [4.69, 9.17) is 9.15 Å². The van der Waals surface area contributed by atoms with Gasteiger partial charge in [-0.25, -0.2) is 4.79 Å². The van der Waals surface area contributed by atoms with Gasteiger partial charge in [0, 0.05) is 23.4 Å². The van der Waals surface area contributed by atoms with Gasteiger partial charge in [-0.2, -0.15) is 5.26 Å². The summed E-state index contributed by atoms with van der Waals surface area (Å²) in [6, 6.07) is 16.8. The van der Waals surface area contributed by atoms with Crippen LogP contribution >= 0.6 is 0 Å². The average Bonchev–Trinajstić information content (AvgIpc) is 3.21. The fraction of sp³-hybridized carbons (Fsp3) is 0.125. The predicted octanol–water partition coefficient (Wildman–Crippen LogP) is 4.90. The summed E-state index contributed by atoms with van der Waals surface area (Å²) in [7, 11) is 0. The largest absolute Gasteiger partial charge is 0.494 e. The fourth-order valence-electron chi connectivity index (χ4n) is 2.92. The number of furan rings is 1. The van der Waals surface area contributed by atoms with Gasteiger partial charge in [-0.15, -0.1) is 0 Å². The van der Waals surface area contributed by atoms with Crippen molar-refractivity contribution >= 4 is 23.6 Å². The van der Waals surface area contributed by atoms with Gasteiger partial charge in [0.05, 0.1) is 12.2 Å². The lowest BCUT2D eigenvalue weighted by atomic mass is 10.0. The molecule has 0 spiro atoms. The quantitative estimate of drug-likeness (QED) is 0.418. The summed E-state index contributed by atoms with van der Waals surface area (Å²) in [6.07, 6.45) is 1.33. The van der Waals surface area contributed by atoms with Crippen molar-refractivity contribution in [2.24, 2.45) is 0 Å². The molecule has 0 aliphatic carbocycles. The van der Waals surface area contributed by atoms with Crippen molar-refractivity contribution < 1.29 is 23.8 Å². The van der Waals surface area contributed by atoms with E-state index >= 15 is 0 Å². The molecule has 1 heterocycles. The number of hydrogen-bond donors (Lipinski definition) is 2. The number of rotatable bonds is 7. The number of aromatic carboxylic acids is 1. The maximum Gasteiger partial charge on any atom is 0.335 e. The molecular formula is C24H20N2O5. The maximum absolute atomic E-state index is 12.5. The second-order valence-electron chi connectivity index (χ2n) is 6.62. The predicted molar refractivity (Wildman–Crippen MR) is 116 cm³/mol. The number of benzene rings is 2. The van der Waals surface area contributed by atoms with Gasteiger partial charge >= 0.3 is 5.97 Å². The zero-order valence-corrected chi connectivity index (χ0v) is 17.0. The molecule has 31 heavy (non-hydrogen) atoms. The molecule has 2 N–H and O–H groups in total. The molecule has 0 saturated heterocycles. The maximum atomic E-state index is 12.5. The van der Waals surface area contributed by atoms with E-state index in [1.54, 1.807) is 42.5 Å². The Balaban J connectivity index is 1.83. The van der Waals surface area contributed by atoms with Crippen LogP contribution in [0, 0.1) is 18.3 Å². The van der Waals surface area contributed by atoms with Gasteiger partial charge in [-0.1, -0.05) is 12.1 Å². The van der Waals surface area contributed by atoms with Gasteiger partial charge in [0.15, 0.2) is 0 Å². The third kappa shape index (κ3) is 5.19. The Hall–Kier alpha value is -4.31. The first kappa shape index (κ1) is 21.4. The summed E-state index contributed by atoms with van der Waals surface area (Å²) >= 11 is 0. The van der Waals surface area contributed by atoms with Crippen LogP contribution in [0.3, 0.4) is 0 Å². The van der Waals surface area contributed by atoms with Crippen LogP contribution in [0.5, 0.6) is 5.75 Å². The Kier molecular flexibility index (Phi) is 6.53. The van der Waals surface area contributed by atoms with Crippen molar-refractivity contribution in [3.8, 4) is 23.1 Å². The molecule has 0 saturated carbocycles. The number of nitrogens with one attached hydrogen (secondary N) is 1. The van der Waals surface area contributed by atoms with Crippen LogP contribution in [0.4, 0.5) is 5.69 Å². The summed E-state index contributed by atoms with van der Waals surface area (Å²) in [6.45, 7) is 4.19. The first-order valence-electron chi connectivity index (χ1n) is 9.51. The fourth-order valence-corrected chi connectivity index (χ4v) is 2.92. The molecule has 1 aromatic heterocycles. The van der Waals surface area contributed by atoms with Crippen LogP contribution in [0.25, 0.3) is 17.4 Å². The summed E-state index contributed by atoms with van der Waals surface area (Å²) in [5.74, 6) is -0.279. The number of carbonyl (C=O) groups excluding carboxylic acids is 1. The van der Waals surface area contributed by atoms with E-state index in [9.17, 15) is 20.0 Å². The summed E-state index contributed by atoms with van der Waals surface area (Å²) in [5.41, 5.74) is 1.95. The topological polar surface area (TPSA) is 113 Å². The number of anilines is 1. The van der Waals surface area contributed by atoms with Crippen molar-refractivity contribution in [2.75, 3.05) is 11.9 Å². The van der Waals surface area contributed by atoms with Crippen molar-refractivity contribution in [3.05, 3.63) is 77.1 Å². The highest BCUT2D eigenvalue weighted by Crippen LogP contribution is 2.28. The highest BCUT2D eigenvalue weighted by molar-refractivity contribution is 6.09. The second kappa shape index (κ2) is 9.46. The van der Waals surface area contributed by atoms with Crippen molar-refractivity contribution in [1.82, 2.24) is 0 Å². The molecule has 0 unspecified atom stereocenters. The van der Waals surface area contributed by atoms with Gasteiger partial charge < -0.3 is 19.6 Å². The minimum atomic E-state index is -1.04.